The van der Waals surface area contributed by atoms with Gasteiger partial charge >= 0.3 is 8.65 Å². The number of hydrogen-bond donors (Lipinski definition) is 0. The molecule has 0 aromatic heterocycles. The average molecular weight is 299 g/mol. The van der Waals surface area contributed by atoms with Crippen LogP contribution in [-0.2, 0) is 0 Å². The summed E-state index contributed by atoms with van der Waals surface area (Å²) in [5, 5.41) is 0. The smallest absolute Gasteiger partial charge is 0.412 e. The molecule has 0 rings (SSSR count). The van der Waals surface area contributed by atoms with Crippen LogP contribution < -0.4 is 0 Å². The van der Waals surface area contributed by atoms with Crippen LogP contribution in [0.5, 0.6) is 0 Å². The van der Waals surface area contributed by atoms with Crippen LogP contribution in [0, 0.1) is 0 Å². The highest BCUT2D eigenvalue weighted by molar-refractivity contribution is 14.3. The molecule has 0 aromatic carbocycles. The van der Waals surface area contributed by atoms with Crippen LogP contribution in [0.2, 0.25) is 0 Å². The zero-order valence-corrected chi connectivity index (χ0v) is 7.30. The Balaban J connectivity index is 0. The van der Waals surface area contributed by atoms with Crippen molar-refractivity contribution in [3.8, 4) is 0 Å². The molecular formula is H2AlI2O. The predicted octanol–water partition coefficient (Wildman–Crippen LogP) is 0.566. The van der Waals surface area contributed by atoms with E-state index in [4.69, 9.17) is 0 Å². The molecule has 25 valence electrons. The van der Waals surface area contributed by atoms with Crippen molar-refractivity contribution in [2.24, 2.45) is 0 Å². The van der Waals surface area contributed by atoms with Gasteiger partial charge in [0.25, 0.3) is 0 Å². The average Bonchev–Trinajstić information content (AvgIpc) is 0.918. The Morgan fingerprint density at radius 3 is 1.25 bits per heavy atom. The summed E-state index contributed by atoms with van der Waals surface area (Å²) in [6.45, 7) is 0. The SMILES string of the molecule is O.[I][Al][I]. The summed E-state index contributed by atoms with van der Waals surface area (Å²) in [7, 11) is 0.690. The molecule has 0 fully saturated rings. The lowest BCUT2D eigenvalue weighted by Gasteiger charge is -1.34. The molecular weight excluding hydrogens is 297 g/mol. The van der Waals surface area contributed by atoms with Gasteiger partial charge in [0, 0.05) is 0 Å². The first-order valence-corrected chi connectivity index (χ1v) is 8.78. The van der Waals surface area contributed by atoms with E-state index < -0.39 is 0 Å². The minimum Gasteiger partial charge on any atom is -0.412 e. The molecule has 0 amide bonds. The van der Waals surface area contributed by atoms with Gasteiger partial charge in [0.2, 0.25) is 0 Å². The van der Waals surface area contributed by atoms with Crippen molar-refractivity contribution >= 4 is 49.2 Å². The van der Waals surface area contributed by atoms with Crippen LogP contribution in [-0.4, -0.2) is 14.1 Å². The van der Waals surface area contributed by atoms with Gasteiger partial charge < -0.3 is 5.48 Å². The van der Waals surface area contributed by atoms with Crippen molar-refractivity contribution in [2.45, 2.75) is 0 Å². The van der Waals surface area contributed by atoms with E-state index >= 15 is 0 Å². The number of rotatable bonds is 0. The number of halogens is 2. The third-order valence-electron chi connectivity index (χ3n) is 0. The highest BCUT2D eigenvalue weighted by atomic mass is 127. The van der Waals surface area contributed by atoms with Crippen molar-refractivity contribution in [3.05, 3.63) is 0 Å². The molecule has 4 heavy (non-hydrogen) atoms. The van der Waals surface area contributed by atoms with Gasteiger partial charge in [-0.05, 0) is 0 Å². The normalized spacial score (nSPS) is 3.50. The highest BCUT2D eigenvalue weighted by Crippen LogP contribution is 1.80. The zero-order valence-electron chi connectivity index (χ0n) is 1.83. The molecule has 0 heterocycles. The lowest BCUT2D eigenvalue weighted by Crippen LogP contribution is -1.30. The lowest BCUT2D eigenvalue weighted by molar-refractivity contribution is 0.824. The van der Waals surface area contributed by atoms with Gasteiger partial charge in [-0.2, -0.15) is 0 Å². The molecule has 1 radical (unpaired) electrons. The maximum Gasteiger partial charge on any atom is 0.412 e. The maximum atomic E-state index is 2.36. The second kappa shape index (κ2) is 8.88. The molecule has 0 spiro atoms. The molecule has 2 N–H and O–H groups in total. The minimum absolute atomic E-state index is 0. The van der Waals surface area contributed by atoms with E-state index in [1.54, 1.807) is 0 Å². The summed E-state index contributed by atoms with van der Waals surface area (Å²) >= 11 is 4.72. The van der Waals surface area contributed by atoms with E-state index in [1.807, 2.05) is 0 Å². The molecule has 0 atom stereocenters. The van der Waals surface area contributed by atoms with Crippen LogP contribution in [0.1, 0.15) is 0 Å². The molecule has 4 heteroatoms. The summed E-state index contributed by atoms with van der Waals surface area (Å²) in [6.07, 6.45) is 0. The summed E-state index contributed by atoms with van der Waals surface area (Å²) in [5.41, 5.74) is 0. The fourth-order valence-electron chi connectivity index (χ4n) is 0. The molecule has 0 bridgehead atoms. The standard InChI is InChI=1S/Al.2HI.H2O/h;2*1H;1H2/q+2;;;/p-2. The van der Waals surface area contributed by atoms with Crippen LogP contribution in [0.15, 0.2) is 0 Å². The Morgan fingerprint density at radius 1 is 1.25 bits per heavy atom. The van der Waals surface area contributed by atoms with Gasteiger partial charge in [-0.25, -0.2) is 40.5 Å². The van der Waals surface area contributed by atoms with Gasteiger partial charge in [0.05, 0.1) is 0 Å². The predicted molar refractivity (Wildman–Crippen MR) is 37.4 cm³/mol. The molecule has 0 aromatic rings. The lowest BCUT2D eigenvalue weighted by atomic mass is 16.0. The van der Waals surface area contributed by atoms with Crippen LogP contribution in [0.25, 0.3) is 0 Å². The van der Waals surface area contributed by atoms with E-state index in [9.17, 15) is 0 Å². The minimum atomic E-state index is 0. The topological polar surface area (TPSA) is 31.5 Å². The third kappa shape index (κ3) is 9.04. The Bertz CT molecular complexity index is 6.00. The van der Waals surface area contributed by atoms with Crippen molar-refractivity contribution in [2.75, 3.05) is 0 Å². The fourth-order valence-corrected chi connectivity index (χ4v) is 0. The van der Waals surface area contributed by atoms with Crippen molar-refractivity contribution in [1.82, 2.24) is 0 Å². The first-order valence-electron chi connectivity index (χ1n) is 0.436. The summed E-state index contributed by atoms with van der Waals surface area (Å²) in [4.78, 5) is 0. The molecule has 0 aliphatic rings. The van der Waals surface area contributed by atoms with Gasteiger partial charge in [-0.1, -0.05) is 0 Å². The summed E-state index contributed by atoms with van der Waals surface area (Å²) < 4.78 is 0. The van der Waals surface area contributed by atoms with Gasteiger partial charge in [-0.3, -0.25) is 0 Å². The number of hydrogen-bond acceptors (Lipinski definition) is 0. The van der Waals surface area contributed by atoms with Crippen LogP contribution >= 0.6 is 40.5 Å². The van der Waals surface area contributed by atoms with Gasteiger partial charge in [-0.15, -0.1) is 0 Å². The molecule has 0 aliphatic heterocycles. The van der Waals surface area contributed by atoms with E-state index in [2.05, 4.69) is 40.5 Å². The van der Waals surface area contributed by atoms with Crippen LogP contribution in [0.4, 0.5) is 0 Å². The Hall–Kier alpha value is 1.95. The largest absolute Gasteiger partial charge is 0.412 e. The van der Waals surface area contributed by atoms with Crippen molar-refractivity contribution < 1.29 is 5.48 Å². The Labute approximate surface area is 53.9 Å². The summed E-state index contributed by atoms with van der Waals surface area (Å²) in [6, 6.07) is 0. The Morgan fingerprint density at radius 2 is 1.25 bits per heavy atom. The van der Waals surface area contributed by atoms with E-state index in [0.717, 1.165) is 0 Å². The third-order valence-corrected chi connectivity index (χ3v) is 0. The first-order chi connectivity index (χ1) is 1.41. The molecule has 1 nitrogen and oxygen atoms in total. The molecule has 0 saturated carbocycles. The highest BCUT2D eigenvalue weighted by Gasteiger charge is 1.55. The quantitative estimate of drug-likeness (QED) is 0.462. The molecule has 0 saturated heterocycles. The second-order valence-electron chi connectivity index (χ2n) is 0.0825. The van der Waals surface area contributed by atoms with Crippen molar-refractivity contribution in [3.63, 3.8) is 0 Å². The van der Waals surface area contributed by atoms with Crippen molar-refractivity contribution in [1.29, 1.82) is 0 Å². The monoisotopic (exact) mass is 299 g/mol. The fraction of sp³-hybridized carbons (Fsp3) is 0. The molecule has 0 unspecified atom stereocenters. The first kappa shape index (κ1) is 9.35. The zero-order chi connectivity index (χ0) is 2.71. The maximum absolute atomic E-state index is 2.36. The second-order valence-corrected chi connectivity index (χ2v) is 11.1. The van der Waals surface area contributed by atoms with Crippen LogP contribution in [0.3, 0.4) is 0 Å². The summed E-state index contributed by atoms with van der Waals surface area (Å²) in [5.74, 6) is 0. The van der Waals surface area contributed by atoms with Gasteiger partial charge in [0.1, 0.15) is 0 Å². The van der Waals surface area contributed by atoms with E-state index in [-0.39, 0.29) is 5.48 Å². The van der Waals surface area contributed by atoms with E-state index in [0.29, 0.717) is 8.65 Å². The molecule has 0 aliphatic carbocycles. The van der Waals surface area contributed by atoms with Gasteiger partial charge in [0.15, 0.2) is 0 Å². The Kier molecular flexibility index (Phi) is 20.7. The van der Waals surface area contributed by atoms with E-state index in [1.165, 1.54) is 0 Å².